The molecule has 4 heteroatoms. The van der Waals surface area contributed by atoms with Gasteiger partial charge in [0.15, 0.2) is 0 Å². The molecule has 0 unspecified atom stereocenters. The van der Waals surface area contributed by atoms with Gasteiger partial charge in [0, 0.05) is 13.5 Å². The van der Waals surface area contributed by atoms with Crippen molar-refractivity contribution in [3.63, 3.8) is 0 Å². The molecule has 0 amide bonds. The van der Waals surface area contributed by atoms with Gasteiger partial charge >= 0.3 is 0 Å². The fourth-order valence-corrected chi connectivity index (χ4v) is 1.36. The minimum atomic E-state index is -1.11. The molecule has 1 atom stereocenters. The molecule has 0 saturated heterocycles. The molecule has 66 valence electrons. The van der Waals surface area contributed by atoms with Crippen LogP contribution in [0.1, 0.15) is 6.42 Å². The lowest BCUT2D eigenvalue weighted by Gasteiger charge is -2.14. The van der Waals surface area contributed by atoms with Gasteiger partial charge in [0.2, 0.25) is 0 Å². The maximum atomic E-state index is 10.3. The van der Waals surface area contributed by atoms with Gasteiger partial charge < -0.3 is 14.6 Å². The maximum Gasteiger partial charge on any atom is 0.110 e. The molecule has 0 aliphatic heterocycles. The number of hydrogen-bond acceptors (Lipinski definition) is 3. The van der Waals surface area contributed by atoms with Gasteiger partial charge in [0.25, 0.3) is 0 Å². The Bertz CT molecular complexity index is 125. The standard InChI is InChI=1S/C7H14O3S/c1-10-6(7(8)9)4-5-11(2)3/h6H,4-5H2,1-3H3/t6-/m0/s1. The van der Waals surface area contributed by atoms with Gasteiger partial charge in [-0.25, -0.2) is 0 Å². The van der Waals surface area contributed by atoms with Crippen molar-refractivity contribution in [3.8, 4) is 0 Å². The summed E-state index contributed by atoms with van der Waals surface area (Å²) in [6, 6.07) is 0. The van der Waals surface area contributed by atoms with Crippen molar-refractivity contribution in [2.45, 2.75) is 12.5 Å². The molecule has 0 heterocycles. The van der Waals surface area contributed by atoms with E-state index >= 15 is 0 Å². The lowest BCUT2D eigenvalue weighted by Crippen LogP contribution is -2.37. The number of ether oxygens (including phenoxy) is 1. The molecular formula is C7H14O3S. The number of rotatable bonds is 5. The summed E-state index contributed by atoms with van der Waals surface area (Å²) in [6.07, 6.45) is 3.96. The van der Waals surface area contributed by atoms with E-state index < -0.39 is 12.1 Å². The van der Waals surface area contributed by atoms with Gasteiger partial charge in [0.05, 0.1) is 18.5 Å². The van der Waals surface area contributed by atoms with Gasteiger partial charge in [-0.15, -0.1) is 0 Å². The van der Waals surface area contributed by atoms with E-state index in [0.29, 0.717) is 6.42 Å². The Morgan fingerprint density at radius 1 is 1.64 bits per heavy atom. The number of carboxylic acids is 1. The maximum absolute atomic E-state index is 10.3. The average molecular weight is 178 g/mol. The Labute approximate surface area is 70.1 Å². The number of carbonyl (C=O) groups is 1. The molecule has 0 rings (SSSR count). The first-order valence-electron chi connectivity index (χ1n) is 3.35. The molecule has 0 radical (unpaired) electrons. The van der Waals surface area contributed by atoms with Crippen LogP contribution in [0.25, 0.3) is 0 Å². The zero-order chi connectivity index (χ0) is 8.85. The van der Waals surface area contributed by atoms with E-state index in [9.17, 15) is 9.90 Å². The van der Waals surface area contributed by atoms with E-state index in [1.165, 1.54) is 7.11 Å². The molecule has 0 aliphatic carbocycles. The number of methoxy groups -OCH3 is 1. The van der Waals surface area contributed by atoms with Crippen LogP contribution in [0.2, 0.25) is 0 Å². The molecule has 0 aromatic heterocycles. The van der Waals surface area contributed by atoms with E-state index in [0.717, 1.165) is 5.75 Å². The highest BCUT2D eigenvalue weighted by atomic mass is 32.2. The highest BCUT2D eigenvalue weighted by molar-refractivity contribution is 7.95. The first kappa shape index (κ1) is 10.8. The van der Waals surface area contributed by atoms with E-state index in [1.54, 1.807) is 0 Å². The summed E-state index contributed by atoms with van der Waals surface area (Å²) in [5.41, 5.74) is 0. The molecule has 0 saturated carbocycles. The van der Waals surface area contributed by atoms with Crippen LogP contribution >= 0.6 is 0 Å². The first-order chi connectivity index (χ1) is 5.07. The number of aliphatic carboxylic acids is 1. The second kappa shape index (κ2) is 5.43. The smallest absolute Gasteiger partial charge is 0.110 e. The molecule has 0 aliphatic rings. The average Bonchev–Trinajstić information content (AvgIpc) is 1.87. The summed E-state index contributed by atoms with van der Waals surface area (Å²) >= 11 is 0. The second-order valence-corrected chi connectivity index (χ2v) is 4.90. The molecule has 0 fully saturated rings. The SMILES string of the molecule is CO[C@@H](CC[S+](C)C)C(=O)[O-]. The molecule has 0 spiro atoms. The van der Waals surface area contributed by atoms with Gasteiger partial charge in [-0.05, 0) is 10.9 Å². The van der Waals surface area contributed by atoms with Crippen molar-refractivity contribution in [1.82, 2.24) is 0 Å². The highest BCUT2D eigenvalue weighted by Crippen LogP contribution is 1.98. The van der Waals surface area contributed by atoms with Crippen LogP contribution < -0.4 is 5.11 Å². The van der Waals surface area contributed by atoms with Gasteiger partial charge in [-0.2, -0.15) is 0 Å². The van der Waals surface area contributed by atoms with E-state index in [4.69, 9.17) is 4.74 Å². The minimum absolute atomic E-state index is 0.275. The van der Waals surface area contributed by atoms with Crippen LogP contribution in [0.4, 0.5) is 0 Å². The van der Waals surface area contributed by atoms with Crippen molar-refractivity contribution in [1.29, 1.82) is 0 Å². The Balaban J connectivity index is 3.61. The molecule has 0 N–H and O–H groups in total. The van der Waals surface area contributed by atoms with E-state index in [2.05, 4.69) is 12.5 Å². The normalized spacial score (nSPS) is 13.5. The van der Waals surface area contributed by atoms with Crippen LogP contribution in [0.5, 0.6) is 0 Å². The largest absolute Gasteiger partial charge is 0.547 e. The monoisotopic (exact) mass is 178 g/mol. The topological polar surface area (TPSA) is 49.4 Å². The zero-order valence-corrected chi connectivity index (χ0v) is 7.94. The van der Waals surface area contributed by atoms with Crippen LogP contribution in [0.15, 0.2) is 0 Å². The van der Waals surface area contributed by atoms with Crippen molar-refractivity contribution in [3.05, 3.63) is 0 Å². The molecule has 0 bridgehead atoms. The number of carbonyl (C=O) groups excluding carboxylic acids is 1. The lowest BCUT2D eigenvalue weighted by molar-refractivity contribution is -0.315. The molecule has 0 aromatic carbocycles. The quantitative estimate of drug-likeness (QED) is 0.508. The summed E-state index contributed by atoms with van der Waals surface area (Å²) in [7, 11) is 1.67. The van der Waals surface area contributed by atoms with E-state index in [-0.39, 0.29) is 10.9 Å². The van der Waals surface area contributed by atoms with Crippen LogP contribution in [0.3, 0.4) is 0 Å². The van der Waals surface area contributed by atoms with Crippen molar-refractivity contribution in [2.75, 3.05) is 25.4 Å². The van der Waals surface area contributed by atoms with E-state index in [1.807, 2.05) is 0 Å². The Kier molecular flexibility index (Phi) is 5.32. The van der Waals surface area contributed by atoms with Crippen LogP contribution in [0, 0.1) is 0 Å². The van der Waals surface area contributed by atoms with Gasteiger partial charge in [-0.3, -0.25) is 0 Å². The Morgan fingerprint density at radius 3 is 2.45 bits per heavy atom. The molecule has 0 aromatic rings. The summed E-state index contributed by atoms with van der Waals surface area (Å²) < 4.78 is 4.70. The van der Waals surface area contributed by atoms with Crippen molar-refractivity contribution in [2.24, 2.45) is 0 Å². The third-order valence-electron chi connectivity index (χ3n) is 1.34. The minimum Gasteiger partial charge on any atom is -0.547 e. The fourth-order valence-electron chi connectivity index (χ4n) is 0.675. The Hall–Kier alpha value is -0.220. The van der Waals surface area contributed by atoms with Gasteiger partial charge in [0.1, 0.15) is 11.9 Å². The fraction of sp³-hybridized carbons (Fsp3) is 0.857. The van der Waals surface area contributed by atoms with Gasteiger partial charge in [-0.1, -0.05) is 0 Å². The highest BCUT2D eigenvalue weighted by Gasteiger charge is 2.12. The molecule has 3 nitrogen and oxygen atoms in total. The predicted molar refractivity (Wildman–Crippen MR) is 44.5 cm³/mol. The predicted octanol–water partition coefficient (Wildman–Crippen LogP) is -0.981. The van der Waals surface area contributed by atoms with Crippen LogP contribution in [-0.4, -0.2) is 37.4 Å². The Morgan fingerprint density at radius 2 is 2.18 bits per heavy atom. The molecular weight excluding hydrogens is 164 g/mol. The first-order valence-corrected chi connectivity index (χ1v) is 5.56. The number of hydrogen-bond donors (Lipinski definition) is 0. The lowest BCUT2D eigenvalue weighted by atomic mass is 10.3. The number of carboxylic acid groups (broad SMARTS) is 1. The summed E-state index contributed by atoms with van der Waals surface area (Å²) in [5, 5.41) is 10.3. The summed E-state index contributed by atoms with van der Waals surface area (Å²) in [4.78, 5) is 10.3. The zero-order valence-electron chi connectivity index (χ0n) is 7.12. The van der Waals surface area contributed by atoms with Crippen molar-refractivity contribution >= 4 is 16.9 Å². The second-order valence-electron chi connectivity index (χ2n) is 2.52. The third kappa shape index (κ3) is 5.09. The van der Waals surface area contributed by atoms with Crippen molar-refractivity contribution < 1.29 is 14.6 Å². The van der Waals surface area contributed by atoms with Crippen LogP contribution in [-0.2, 0) is 20.4 Å². The third-order valence-corrected chi connectivity index (χ3v) is 2.39. The molecule has 11 heavy (non-hydrogen) atoms. The summed E-state index contributed by atoms with van der Waals surface area (Å²) in [6.45, 7) is 0. The summed E-state index contributed by atoms with van der Waals surface area (Å²) in [5.74, 6) is -0.232.